The molecule has 14 rings (SSSR count). The minimum Gasteiger partial charge on any atom is -0.497 e. The molecule has 2 aromatic heterocycles. The van der Waals surface area contributed by atoms with Crippen LogP contribution in [0.25, 0.3) is 76.7 Å². The summed E-state index contributed by atoms with van der Waals surface area (Å²) in [5.41, 5.74) is 12.3. The molecule has 78 heavy (non-hydrogen) atoms. The molecule has 0 spiro atoms. The number of aryl methyl sites for hydroxylation is 2. The Morgan fingerprint density at radius 2 is 0.974 bits per heavy atom. The second-order valence-electron chi connectivity index (χ2n) is 19.9. The summed E-state index contributed by atoms with van der Waals surface area (Å²) in [5, 5.41) is 8.77. The molecule has 378 valence electrons. The maximum Gasteiger partial charge on any atom is 0.234 e. The number of rotatable bonds is 7. The van der Waals surface area contributed by atoms with Crippen molar-refractivity contribution in [2.24, 2.45) is 0 Å². The quantitative estimate of drug-likeness (QED) is 0.146. The summed E-state index contributed by atoms with van der Waals surface area (Å²) in [6.07, 6.45) is 3.59. The van der Waals surface area contributed by atoms with E-state index < -0.39 is 14.6 Å². The van der Waals surface area contributed by atoms with Gasteiger partial charge in [0.15, 0.2) is 0 Å². The molecule has 12 aromatic rings. The van der Waals surface area contributed by atoms with Crippen molar-refractivity contribution < 1.29 is 18.6 Å². The first kappa shape index (κ1) is 48.5. The van der Waals surface area contributed by atoms with Gasteiger partial charge >= 0.3 is 0 Å². The SMILES string of the molecule is COc1ccc(P2(=O)c3ccc(OC)cc3-c3cc4ccc(-c5cccc(P6(=O)c7ccccc7-c7cc8c(C)c(Br)c(Br)c(C)c8cc7N6c6cccc7cccnc67)c5)cc4cc3N2c2cccc3cccnc23)cc1. The summed E-state index contributed by atoms with van der Waals surface area (Å²) < 4.78 is 51.9. The second kappa shape index (κ2) is 18.4. The van der Waals surface area contributed by atoms with Crippen molar-refractivity contribution >= 4 is 134 Å². The van der Waals surface area contributed by atoms with E-state index in [0.29, 0.717) is 27.4 Å². The number of fused-ring (bicyclic) bond motifs is 10. The van der Waals surface area contributed by atoms with Gasteiger partial charge in [-0.05, 0) is 210 Å². The molecule has 2 atom stereocenters. The van der Waals surface area contributed by atoms with Gasteiger partial charge in [0.25, 0.3) is 0 Å². The van der Waals surface area contributed by atoms with Crippen LogP contribution in [0.2, 0.25) is 0 Å². The number of halogens is 2. The third-order valence-electron chi connectivity index (χ3n) is 15.7. The van der Waals surface area contributed by atoms with E-state index in [4.69, 9.17) is 19.4 Å². The third kappa shape index (κ3) is 7.16. The van der Waals surface area contributed by atoms with Crippen molar-refractivity contribution in [3.63, 3.8) is 0 Å². The zero-order valence-corrected chi connectivity index (χ0v) is 47.7. The molecule has 0 aliphatic carbocycles. The summed E-state index contributed by atoms with van der Waals surface area (Å²) in [6, 6.07) is 65.2. The Morgan fingerprint density at radius 3 is 1.65 bits per heavy atom. The fraction of sp³-hybridized carbons (Fsp3) is 0.0606. The van der Waals surface area contributed by atoms with Crippen LogP contribution in [0, 0.1) is 13.8 Å². The van der Waals surface area contributed by atoms with Crippen molar-refractivity contribution in [3.05, 3.63) is 227 Å². The highest BCUT2D eigenvalue weighted by Gasteiger charge is 2.46. The van der Waals surface area contributed by atoms with Crippen molar-refractivity contribution in [3.8, 4) is 44.9 Å². The van der Waals surface area contributed by atoms with Gasteiger partial charge in [-0.15, -0.1) is 0 Å². The molecule has 0 radical (unpaired) electrons. The molecular weight excluding hydrogens is 1130 g/mol. The van der Waals surface area contributed by atoms with Gasteiger partial charge in [-0.2, -0.15) is 0 Å². The number of hydrogen-bond acceptors (Lipinski definition) is 6. The normalized spacial score (nSPS) is 16.5. The number of aromatic nitrogens is 2. The van der Waals surface area contributed by atoms with Gasteiger partial charge in [-0.25, -0.2) is 0 Å². The molecule has 10 aromatic carbocycles. The van der Waals surface area contributed by atoms with E-state index in [2.05, 4.69) is 123 Å². The van der Waals surface area contributed by atoms with Gasteiger partial charge in [-0.1, -0.05) is 78.9 Å². The lowest BCUT2D eigenvalue weighted by Crippen LogP contribution is -2.34. The van der Waals surface area contributed by atoms with Gasteiger partial charge in [-0.3, -0.25) is 28.4 Å². The first-order chi connectivity index (χ1) is 38.0. The number of methoxy groups -OCH3 is 2. The maximum atomic E-state index is 17.4. The molecule has 12 heteroatoms. The first-order valence-electron chi connectivity index (χ1n) is 25.5. The molecule has 0 fully saturated rings. The van der Waals surface area contributed by atoms with Crippen LogP contribution in [0.15, 0.2) is 215 Å². The maximum absolute atomic E-state index is 17.4. The molecule has 2 aliphatic heterocycles. The average Bonchev–Trinajstić information content (AvgIpc) is 3.67. The molecule has 0 amide bonds. The van der Waals surface area contributed by atoms with Crippen LogP contribution in [0.3, 0.4) is 0 Å². The summed E-state index contributed by atoms with van der Waals surface area (Å²) >= 11 is 7.76. The molecule has 4 heterocycles. The van der Waals surface area contributed by atoms with Crippen LogP contribution >= 0.6 is 46.4 Å². The minimum absolute atomic E-state index is 0.647. The molecule has 0 saturated carbocycles. The zero-order valence-electron chi connectivity index (χ0n) is 42.7. The molecule has 2 unspecified atom stereocenters. The number of nitrogens with zero attached hydrogens (tertiary/aromatic N) is 4. The number of pyridine rings is 2. The Labute approximate surface area is 468 Å². The van der Waals surface area contributed by atoms with Crippen LogP contribution in [0.1, 0.15) is 11.1 Å². The Kier molecular flexibility index (Phi) is 11.4. The number of ether oxygens (including phenoxy) is 2. The predicted octanol–water partition coefficient (Wildman–Crippen LogP) is 17.0. The zero-order chi connectivity index (χ0) is 53.2. The molecule has 8 nitrogen and oxygen atoms in total. The Bertz CT molecular complexity index is 4630. The van der Waals surface area contributed by atoms with Crippen LogP contribution in [-0.4, -0.2) is 24.2 Å². The predicted molar refractivity (Wildman–Crippen MR) is 330 cm³/mol. The van der Waals surface area contributed by atoms with E-state index in [0.717, 1.165) is 125 Å². The largest absolute Gasteiger partial charge is 0.497 e. The van der Waals surface area contributed by atoms with E-state index in [1.54, 1.807) is 26.6 Å². The monoisotopic (exact) mass is 1180 g/mol. The van der Waals surface area contributed by atoms with Gasteiger partial charge < -0.3 is 9.47 Å². The Hall–Kier alpha value is -7.84. The fourth-order valence-corrected chi connectivity index (χ4v) is 19.0. The van der Waals surface area contributed by atoms with Crippen molar-refractivity contribution in [1.82, 2.24) is 9.97 Å². The molecular formula is C66H46Br2N4O4P2. The third-order valence-corrected chi connectivity index (χ3v) is 24.3. The highest BCUT2D eigenvalue weighted by Crippen LogP contribution is 2.65. The number of benzene rings is 10. The molecule has 0 saturated heterocycles. The molecule has 0 bridgehead atoms. The van der Waals surface area contributed by atoms with E-state index in [1.165, 1.54) is 0 Å². The van der Waals surface area contributed by atoms with Crippen molar-refractivity contribution in [1.29, 1.82) is 0 Å². The van der Waals surface area contributed by atoms with Crippen LogP contribution in [-0.2, 0) is 9.13 Å². The highest BCUT2D eigenvalue weighted by atomic mass is 79.9. The highest BCUT2D eigenvalue weighted by molar-refractivity contribution is 9.13. The lowest BCUT2D eigenvalue weighted by Gasteiger charge is -2.41. The van der Waals surface area contributed by atoms with Crippen molar-refractivity contribution in [2.75, 3.05) is 23.6 Å². The number of para-hydroxylation sites is 2. The summed E-state index contributed by atoms with van der Waals surface area (Å²) in [6.45, 7) is 4.26. The Balaban J connectivity index is 0.989. The summed E-state index contributed by atoms with van der Waals surface area (Å²) in [4.78, 5) is 9.89. The smallest absolute Gasteiger partial charge is 0.234 e. The standard InChI is InChI=1S/C66H46Br2N4O4P2/c1-39-52-37-55-51-18-5-6-21-61(51)78(74,72(58-20-9-13-42-16-11-31-70-66(42)58)60(55)38-53(52)40(2)64(68)63(39)67)50-17-7-14-43(33-50)44-22-23-45-34-54-56-36-48(76-4)26-29-62(56)77(73,49-27-24-47(75-3)25-28-49)71(59(54)35-46(45)32-44)57-19-8-12-41-15-10-30-69-65(41)57/h5-38H,1-4H3. The topological polar surface area (TPSA) is 84.9 Å². The van der Waals surface area contributed by atoms with Gasteiger partial charge in [0, 0.05) is 70.0 Å². The fourth-order valence-electron chi connectivity index (χ4n) is 11.9. The summed E-state index contributed by atoms with van der Waals surface area (Å²) in [5.74, 6) is 1.33. The van der Waals surface area contributed by atoms with E-state index in [-0.39, 0.29) is 0 Å². The van der Waals surface area contributed by atoms with E-state index >= 15 is 9.13 Å². The van der Waals surface area contributed by atoms with Crippen LogP contribution in [0.5, 0.6) is 11.5 Å². The van der Waals surface area contributed by atoms with Gasteiger partial charge in [0.2, 0.25) is 14.6 Å². The lowest BCUT2D eigenvalue weighted by molar-refractivity contribution is 0.415. The van der Waals surface area contributed by atoms with E-state index in [1.807, 2.05) is 126 Å². The number of hydrogen-bond donors (Lipinski definition) is 0. The number of anilines is 4. The summed E-state index contributed by atoms with van der Waals surface area (Å²) in [7, 11) is -4.26. The van der Waals surface area contributed by atoms with Crippen LogP contribution < -0.4 is 40.0 Å². The lowest BCUT2D eigenvalue weighted by atomic mass is 9.94. The van der Waals surface area contributed by atoms with Gasteiger partial charge in [0.1, 0.15) is 11.5 Å². The minimum atomic E-state index is -3.80. The molecule has 2 aliphatic rings. The molecule has 0 N–H and O–H groups in total. The first-order valence-corrected chi connectivity index (χ1v) is 30.4. The van der Waals surface area contributed by atoms with Crippen molar-refractivity contribution in [2.45, 2.75) is 13.8 Å². The van der Waals surface area contributed by atoms with Gasteiger partial charge in [0.05, 0.1) is 48.0 Å². The Morgan fingerprint density at radius 1 is 0.410 bits per heavy atom. The van der Waals surface area contributed by atoms with E-state index in [9.17, 15) is 0 Å². The average molecular weight is 1180 g/mol. The van der Waals surface area contributed by atoms with Crippen LogP contribution in [0.4, 0.5) is 22.7 Å². The second-order valence-corrected chi connectivity index (χ2v) is 26.5.